The summed E-state index contributed by atoms with van der Waals surface area (Å²) in [5.74, 6) is 0. The van der Waals surface area contributed by atoms with Crippen molar-refractivity contribution in [1.29, 1.82) is 0 Å². The minimum Gasteiger partial charge on any atom is 0 e. The van der Waals surface area contributed by atoms with Crippen LogP contribution in [0.4, 0.5) is 0 Å². The summed E-state index contributed by atoms with van der Waals surface area (Å²) in [4.78, 5) is 0. The largest absolute Gasteiger partial charge is 0 e. The van der Waals surface area contributed by atoms with Crippen LogP contribution in [0.5, 0.6) is 0 Å². The van der Waals surface area contributed by atoms with Crippen molar-refractivity contribution in [2.45, 2.75) is 0 Å². The molecule has 0 fully saturated rings. The van der Waals surface area contributed by atoms with E-state index in [1.165, 1.54) is 0 Å². The monoisotopic (exact) mass is 363 g/mol. The number of hydrogen-bond donors (Lipinski definition) is 3. The molecule has 1 radical (unpaired) electrons. The second-order valence-corrected chi connectivity index (χ2v) is 0.346. The molecule has 0 unspecified atom stereocenters. The van der Waals surface area contributed by atoms with Gasteiger partial charge in [-0.1, -0.05) is 0 Å². The maximum absolute atomic E-state index is 7.17. The molecule has 0 saturated heterocycles. The molecule has 8 heteroatoms. The molecular weight excluding hydrogens is 354 g/mol. The van der Waals surface area contributed by atoms with Crippen molar-refractivity contribution in [3.05, 3.63) is 0 Å². The zero-order valence-electron chi connectivity index (χ0n) is 3.40. The molecule has 5 N–H and O–H groups in total. The Morgan fingerprint density at radius 1 is 1.00 bits per heavy atom. The molecule has 0 aromatic heterocycles. The van der Waals surface area contributed by atoms with Crippen LogP contribution in [0.25, 0.3) is 0 Å². The summed E-state index contributed by atoms with van der Waals surface area (Å²) in [6.45, 7) is 0. The van der Waals surface area contributed by atoms with Crippen molar-refractivity contribution in [1.82, 2.24) is 0 Å². The first-order valence-electron chi connectivity index (χ1n) is 0.775. The van der Waals surface area contributed by atoms with Gasteiger partial charge in [-0.15, -0.1) is 0 Å². The molecule has 0 amide bonds. The first-order valence-corrected chi connectivity index (χ1v) is 0.775. The molecule has 0 aromatic rings. The fraction of sp³-hybridized carbons (Fsp3) is 0. The Kier molecular flexibility index (Phi) is 83.9. The third-order valence-electron chi connectivity index (χ3n) is 0. The van der Waals surface area contributed by atoms with E-state index < -0.39 is 7.32 Å². The van der Waals surface area contributed by atoms with Gasteiger partial charge in [-0.05, 0) is 0 Å². The fourth-order valence-corrected chi connectivity index (χ4v) is 0. The second-order valence-electron chi connectivity index (χ2n) is 0.346. The molecule has 0 heterocycles. The van der Waals surface area contributed by atoms with E-state index in [0.717, 1.165) is 0 Å². The molecule has 0 aliphatic carbocycles. The Morgan fingerprint density at radius 3 is 1.00 bits per heavy atom. The SMILES string of the molecule is O.OB(O)O.[CaH2].[Sm].[Y]. The first kappa shape index (κ1) is 29.9. The van der Waals surface area contributed by atoms with E-state index in [-0.39, 0.29) is 116 Å². The summed E-state index contributed by atoms with van der Waals surface area (Å²) in [7, 11) is -2.17. The van der Waals surface area contributed by atoms with E-state index in [4.69, 9.17) is 15.1 Å². The molecule has 0 aromatic carbocycles. The summed E-state index contributed by atoms with van der Waals surface area (Å²) in [6, 6.07) is 0. The van der Waals surface area contributed by atoms with Crippen molar-refractivity contribution >= 4 is 45.1 Å². The molecule has 0 saturated carbocycles. The normalized spacial score (nSPS) is 3.38. The fourth-order valence-electron chi connectivity index (χ4n) is 0. The maximum Gasteiger partial charge on any atom is 0 e. The van der Waals surface area contributed by atoms with Crippen molar-refractivity contribution in [2.75, 3.05) is 0 Å². The molecule has 0 atom stereocenters. The van der Waals surface area contributed by atoms with Crippen LogP contribution in [0.3, 0.4) is 0 Å². The van der Waals surface area contributed by atoms with Crippen molar-refractivity contribution in [2.24, 2.45) is 0 Å². The van der Waals surface area contributed by atoms with Crippen molar-refractivity contribution in [3.63, 3.8) is 0 Å². The van der Waals surface area contributed by atoms with Gasteiger partial charge in [-0.25, -0.2) is 0 Å². The third kappa shape index (κ3) is 54.7. The van der Waals surface area contributed by atoms with Crippen LogP contribution in [0.2, 0.25) is 0 Å². The number of hydrogen-bond acceptors (Lipinski definition) is 3. The Hall–Kier alpha value is 3.61. The summed E-state index contributed by atoms with van der Waals surface area (Å²) in [5.41, 5.74) is 0. The van der Waals surface area contributed by atoms with Crippen LogP contribution in [-0.2, 0) is 32.7 Å². The minimum absolute atomic E-state index is 0. The van der Waals surface area contributed by atoms with Gasteiger partial charge in [0.2, 0.25) is 0 Å². The van der Waals surface area contributed by atoms with Crippen LogP contribution in [0.15, 0.2) is 0 Å². The molecular formula is H7BCaO4SmY. The van der Waals surface area contributed by atoms with Gasteiger partial charge < -0.3 is 20.5 Å². The Bertz CT molecular complexity index is 20.8. The summed E-state index contributed by atoms with van der Waals surface area (Å²) in [5, 5.41) is 21.5. The standard InChI is InChI=1S/BH3O3.Ca.H2O.Sm.Y.2H/c2-1(3)4;;;;;;/h2-4H;;1H2;;;;. The van der Waals surface area contributed by atoms with Crippen LogP contribution >= 0.6 is 0 Å². The molecule has 0 spiro atoms. The number of rotatable bonds is 0. The Balaban J connectivity index is -0.00000000750. The minimum atomic E-state index is -2.17. The van der Waals surface area contributed by atoms with Gasteiger partial charge in [0.25, 0.3) is 0 Å². The van der Waals surface area contributed by atoms with Crippen LogP contribution in [0.1, 0.15) is 0 Å². The zero-order chi connectivity index (χ0) is 3.58. The summed E-state index contributed by atoms with van der Waals surface area (Å²) in [6.07, 6.45) is 0. The molecule has 0 aliphatic heterocycles. The zero-order valence-corrected chi connectivity index (χ0v) is 8.86. The van der Waals surface area contributed by atoms with Crippen LogP contribution in [0, 0.1) is 40.4 Å². The van der Waals surface area contributed by atoms with E-state index in [1.807, 2.05) is 0 Å². The molecule has 0 rings (SSSR count). The molecule has 4 nitrogen and oxygen atoms in total. The van der Waals surface area contributed by atoms with E-state index in [9.17, 15) is 0 Å². The molecule has 0 bridgehead atoms. The quantitative estimate of drug-likeness (QED) is 0.387. The van der Waals surface area contributed by atoms with E-state index in [2.05, 4.69) is 0 Å². The predicted molar refractivity (Wildman–Crippen MR) is 24.6 cm³/mol. The van der Waals surface area contributed by atoms with Gasteiger partial charge in [0.05, 0.1) is 0 Å². The predicted octanol–water partition coefficient (Wildman–Crippen LogP) is -3.80. The van der Waals surface area contributed by atoms with Gasteiger partial charge in [-0.2, -0.15) is 0 Å². The van der Waals surface area contributed by atoms with E-state index in [0.29, 0.717) is 0 Å². The van der Waals surface area contributed by atoms with Crippen LogP contribution < -0.4 is 0 Å². The van der Waals surface area contributed by atoms with Gasteiger partial charge in [0.1, 0.15) is 0 Å². The van der Waals surface area contributed by atoms with Gasteiger partial charge in [0.15, 0.2) is 0 Å². The summed E-state index contributed by atoms with van der Waals surface area (Å²) < 4.78 is 0. The van der Waals surface area contributed by atoms with Gasteiger partial charge in [0, 0.05) is 73.1 Å². The third-order valence-corrected chi connectivity index (χ3v) is 0. The second kappa shape index (κ2) is 22.4. The van der Waals surface area contributed by atoms with Gasteiger partial charge >= 0.3 is 45.1 Å². The Labute approximate surface area is 135 Å². The average molecular weight is 361 g/mol. The van der Waals surface area contributed by atoms with Crippen molar-refractivity contribution in [3.8, 4) is 0 Å². The van der Waals surface area contributed by atoms with E-state index in [1.54, 1.807) is 0 Å². The maximum atomic E-state index is 7.17. The molecule has 45 valence electrons. The molecule has 8 heavy (non-hydrogen) atoms. The Morgan fingerprint density at radius 2 is 1.00 bits per heavy atom. The van der Waals surface area contributed by atoms with Gasteiger partial charge in [-0.3, -0.25) is 0 Å². The average Bonchev–Trinajstić information content (AvgIpc) is 0.811. The molecule has 0 aliphatic rings. The van der Waals surface area contributed by atoms with E-state index >= 15 is 0 Å². The van der Waals surface area contributed by atoms with Crippen LogP contribution in [-0.4, -0.2) is 65.6 Å². The smallest absolute Gasteiger partial charge is 0 e. The first-order chi connectivity index (χ1) is 1.73. The summed E-state index contributed by atoms with van der Waals surface area (Å²) >= 11 is 0. The topological polar surface area (TPSA) is 92.2 Å². The van der Waals surface area contributed by atoms with Crippen molar-refractivity contribution < 1.29 is 93.6 Å².